The van der Waals surface area contributed by atoms with E-state index in [2.05, 4.69) is 41.4 Å². The third kappa shape index (κ3) is 6.88. The van der Waals surface area contributed by atoms with Crippen molar-refractivity contribution in [2.24, 2.45) is 10.2 Å². The number of nitrogens with two attached hydrogens (primary N) is 1. The van der Waals surface area contributed by atoms with Crippen LogP contribution in [0.3, 0.4) is 0 Å². The van der Waals surface area contributed by atoms with Crippen LogP contribution in [0.5, 0.6) is 0 Å². The second-order valence-electron chi connectivity index (χ2n) is 10.2. The quantitative estimate of drug-likeness (QED) is 0.0685. The van der Waals surface area contributed by atoms with Crippen molar-refractivity contribution in [2.45, 2.75) is 20.0 Å². The second kappa shape index (κ2) is 12.9. The number of hydrogen-bond donors (Lipinski definition) is 6. The van der Waals surface area contributed by atoms with E-state index in [0.717, 1.165) is 12.1 Å². The molecule has 1 aliphatic rings. The predicted molar refractivity (Wildman–Crippen MR) is 168 cm³/mol. The minimum Gasteiger partial charge on any atom is -0.397 e. The fraction of sp³-hybridized carbons (Fsp3) is 0.161. The van der Waals surface area contributed by atoms with Crippen LogP contribution in [0, 0.1) is 13.8 Å². The van der Waals surface area contributed by atoms with Crippen LogP contribution in [0.1, 0.15) is 48.8 Å². The van der Waals surface area contributed by atoms with Crippen molar-refractivity contribution < 1.29 is 27.6 Å². The summed E-state index contributed by atoms with van der Waals surface area (Å²) in [6, 6.07) is 13.1. The van der Waals surface area contributed by atoms with E-state index in [1.807, 2.05) is 0 Å². The van der Waals surface area contributed by atoms with Gasteiger partial charge in [0, 0.05) is 30.5 Å². The number of nitrogen functional groups attached to an aromatic ring is 1. The van der Waals surface area contributed by atoms with E-state index in [1.165, 1.54) is 18.5 Å². The average Bonchev–Trinajstić information content (AvgIpc) is 3.49. The van der Waals surface area contributed by atoms with Gasteiger partial charge in [-0.1, -0.05) is 12.1 Å². The number of fused-ring (bicyclic) bond motifs is 1. The van der Waals surface area contributed by atoms with Crippen molar-refractivity contribution in [2.75, 3.05) is 34.8 Å². The lowest BCUT2D eigenvalue weighted by Gasteiger charge is -2.10. The number of halogens is 3. The molecule has 0 saturated carbocycles. The van der Waals surface area contributed by atoms with E-state index in [9.17, 15) is 27.6 Å². The maximum absolute atomic E-state index is 13.0. The molecule has 0 unspecified atom stereocenters. The molecule has 0 saturated heterocycles. The highest BCUT2D eigenvalue weighted by Crippen LogP contribution is 2.34. The molecule has 15 heteroatoms. The monoisotopic (exact) mass is 631 g/mol. The summed E-state index contributed by atoms with van der Waals surface area (Å²) in [6.07, 6.45) is -1.80. The number of carbonyl (C=O) groups is 3. The van der Waals surface area contributed by atoms with Gasteiger partial charge in [0.2, 0.25) is 0 Å². The van der Waals surface area contributed by atoms with Gasteiger partial charge in [-0.05, 0) is 61.9 Å². The molecule has 3 amide bonds. The first-order valence-corrected chi connectivity index (χ1v) is 13.9. The molecular formula is C31H28F3N9O3. The van der Waals surface area contributed by atoms with Crippen molar-refractivity contribution >= 4 is 52.5 Å². The number of nitrogens with one attached hydrogen (secondary N) is 5. The maximum atomic E-state index is 13.0. The fourth-order valence-electron chi connectivity index (χ4n) is 4.71. The summed E-state index contributed by atoms with van der Waals surface area (Å²) in [7, 11) is 0. The van der Waals surface area contributed by atoms with Gasteiger partial charge in [0.25, 0.3) is 17.7 Å². The van der Waals surface area contributed by atoms with Crippen LogP contribution in [0.4, 0.5) is 36.1 Å². The average molecular weight is 632 g/mol. The molecule has 0 fully saturated rings. The first-order chi connectivity index (χ1) is 21.9. The first kappa shape index (κ1) is 31.4. The van der Waals surface area contributed by atoms with Crippen molar-refractivity contribution in [3.8, 4) is 0 Å². The van der Waals surface area contributed by atoms with Crippen LogP contribution in [0.15, 0.2) is 71.0 Å². The smallest absolute Gasteiger partial charge is 0.397 e. The number of aromatic nitrogens is 2. The number of hydrogen-bond acceptors (Lipinski definition) is 8. The zero-order valence-electron chi connectivity index (χ0n) is 24.5. The standard InChI is InChI=1S/C31H28F3N9O3/c1-16-24(15-39-43-27-20-9-8-19(31(32,33)34)13-23(20)42-30(27)46)40-17(2)26(16)29(45)37-12-11-36-25-10-7-18(14-38-25)28(44)41-22-6-4-3-5-21(22)35/h3-10,13-15,40H,11-12,35H2,1-2H3,(H,36,38)(H,37,45)(H,41,44)(H,42,43,46). The molecular weight excluding hydrogens is 603 g/mol. The van der Waals surface area contributed by atoms with Crippen LogP contribution in [0.25, 0.3) is 0 Å². The van der Waals surface area contributed by atoms with Crippen molar-refractivity contribution in [1.82, 2.24) is 15.3 Å². The van der Waals surface area contributed by atoms with E-state index in [4.69, 9.17) is 5.73 Å². The number of aryl methyl sites for hydroxylation is 1. The molecule has 46 heavy (non-hydrogen) atoms. The number of H-pyrrole nitrogens is 1. The van der Waals surface area contributed by atoms with Crippen LogP contribution < -0.4 is 27.0 Å². The third-order valence-electron chi connectivity index (χ3n) is 7.06. The van der Waals surface area contributed by atoms with Crippen molar-refractivity contribution in [3.63, 3.8) is 0 Å². The number of pyridine rings is 1. The number of alkyl halides is 3. The van der Waals surface area contributed by atoms with E-state index in [0.29, 0.717) is 51.8 Å². The Bertz CT molecular complexity index is 1880. The lowest BCUT2D eigenvalue weighted by Crippen LogP contribution is -2.29. The minimum atomic E-state index is -4.55. The summed E-state index contributed by atoms with van der Waals surface area (Å²) in [5, 5.41) is 18.9. The van der Waals surface area contributed by atoms with Gasteiger partial charge in [0.1, 0.15) is 5.82 Å². The van der Waals surface area contributed by atoms with Gasteiger partial charge in [-0.25, -0.2) is 4.98 Å². The number of para-hydroxylation sites is 2. The number of aromatic amines is 1. The Kier molecular flexibility index (Phi) is 8.84. The molecule has 0 atom stereocenters. The third-order valence-corrected chi connectivity index (χ3v) is 7.06. The van der Waals surface area contributed by atoms with Gasteiger partial charge in [0.15, 0.2) is 5.71 Å². The highest BCUT2D eigenvalue weighted by molar-refractivity contribution is 6.53. The van der Waals surface area contributed by atoms with Gasteiger partial charge >= 0.3 is 6.18 Å². The van der Waals surface area contributed by atoms with Crippen LogP contribution in [-0.2, 0) is 11.0 Å². The summed E-state index contributed by atoms with van der Waals surface area (Å²) >= 11 is 0. The topological polar surface area (TPSA) is 179 Å². The van der Waals surface area contributed by atoms with Gasteiger partial charge in [-0.3, -0.25) is 14.4 Å². The molecule has 4 aromatic rings. The molecule has 0 aliphatic carbocycles. The van der Waals surface area contributed by atoms with Crippen molar-refractivity contribution in [1.29, 1.82) is 0 Å². The van der Waals surface area contributed by atoms with Gasteiger partial charge in [-0.15, -0.1) is 5.10 Å². The van der Waals surface area contributed by atoms with Crippen molar-refractivity contribution in [3.05, 3.63) is 100.0 Å². The SMILES string of the molecule is Cc1[nH]c(C=NN=C2C(=O)Nc3cc(C(F)(F)F)ccc32)c(C)c1C(=O)NCCNc1ccc(C(=O)Nc2ccccc2N)cn1. The number of carbonyl (C=O) groups excluding carboxylic acids is 3. The van der Waals surface area contributed by atoms with E-state index < -0.39 is 17.6 Å². The fourth-order valence-corrected chi connectivity index (χ4v) is 4.71. The second-order valence-corrected chi connectivity index (χ2v) is 10.2. The van der Waals surface area contributed by atoms with E-state index >= 15 is 0 Å². The van der Waals surface area contributed by atoms with Crippen LogP contribution in [0.2, 0.25) is 0 Å². The van der Waals surface area contributed by atoms with E-state index in [-0.39, 0.29) is 35.3 Å². The number of amides is 3. The van der Waals surface area contributed by atoms with Gasteiger partial charge < -0.3 is 32.0 Å². The first-order valence-electron chi connectivity index (χ1n) is 13.9. The molecule has 0 bridgehead atoms. The summed E-state index contributed by atoms with van der Waals surface area (Å²) in [5.74, 6) is -0.845. The lowest BCUT2D eigenvalue weighted by atomic mass is 10.1. The Balaban J connectivity index is 1.14. The number of benzene rings is 2. The molecule has 2 aromatic heterocycles. The molecule has 1 aliphatic heterocycles. The Morgan fingerprint density at radius 3 is 2.54 bits per heavy atom. The molecule has 5 rings (SSSR count). The van der Waals surface area contributed by atoms with Crippen LogP contribution >= 0.6 is 0 Å². The highest BCUT2D eigenvalue weighted by Gasteiger charge is 2.34. The van der Waals surface area contributed by atoms with E-state index in [1.54, 1.807) is 50.2 Å². The molecule has 0 radical (unpaired) electrons. The molecule has 7 N–H and O–H groups in total. The van der Waals surface area contributed by atoms with Crippen LogP contribution in [-0.4, -0.2) is 52.7 Å². The molecule has 0 spiro atoms. The lowest BCUT2D eigenvalue weighted by molar-refractivity contribution is -0.137. The number of anilines is 4. The Hall–Kier alpha value is -5.99. The molecule has 12 nitrogen and oxygen atoms in total. The Labute approximate surface area is 260 Å². The predicted octanol–water partition coefficient (Wildman–Crippen LogP) is 4.50. The minimum absolute atomic E-state index is 0.000802. The zero-order valence-corrected chi connectivity index (χ0v) is 24.5. The normalized spacial score (nSPS) is 13.5. The summed E-state index contributed by atoms with van der Waals surface area (Å²) < 4.78 is 39.0. The zero-order chi connectivity index (χ0) is 33.0. The summed E-state index contributed by atoms with van der Waals surface area (Å²) in [6.45, 7) is 4.06. The largest absolute Gasteiger partial charge is 0.416 e. The maximum Gasteiger partial charge on any atom is 0.416 e. The van der Waals surface area contributed by atoms with Gasteiger partial charge in [-0.2, -0.15) is 18.3 Å². The Morgan fingerprint density at radius 1 is 1.04 bits per heavy atom. The molecule has 3 heterocycles. The van der Waals surface area contributed by atoms with Gasteiger partial charge in [0.05, 0.1) is 45.7 Å². The number of rotatable bonds is 9. The Morgan fingerprint density at radius 2 is 1.83 bits per heavy atom. The molecule has 2 aromatic carbocycles. The number of nitrogens with zero attached hydrogens (tertiary/aromatic N) is 3. The molecule has 236 valence electrons. The summed E-state index contributed by atoms with van der Waals surface area (Å²) in [4.78, 5) is 45.0. The summed E-state index contributed by atoms with van der Waals surface area (Å²) in [5.41, 5.74) is 8.40. The highest BCUT2D eigenvalue weighted by atomic mass is 19.4.